The van der Waals surface area contributed by atoms with Crippen molar-refractivity contribution in [3.05, 3.63) is 70.8 Å². The van der Waals surface area contributed by atoms with Gasteiger partial charge in [-0.05, 0) is 74.8 Å². The van der Waals surface area contributed by atoms with Gasteiger partial charge in [-0.3, -0.25) is 4.90 Å². The standard InChI is InChI=1S/C24H29Cl2N/c1-18(27(2)17-20-6-4-3-5-7-20)8-9-19-10-11-21(23(25)12-13-23)22(16-19)24(26)14-15-24/h3-7,10-11,16,18H,8-9,12-15,17H2,1-2H3. The molecule has 0 saturated heterocycles. The number of rotatable bonds is 8. The van der Waals surface area contributed by atoms with Crippen LogP contribution in [-0.2, 0) is 22.7 Å². The Morgan fingerprint density at radius 1 is 0.889 bits per heavy atom. The zero-order chi connectivity index (χ0) is 19.1. The van der Waals surface area contributed by atoms with Gasteiger partial charge in [-0.25, -0.2) is 0 Å². The Morgan fingerprint density at radius 3 is 2.15 bits per heavy atom. The molecule has 2 aromatic rings. The van der Waals surface area contributed by atoms with Gasteiger partial charge in [-0.15, -0.1) is 23.2 Å². The third kappa shape index (κ3) is 4.36. The van der Waals surface area contributed by atoms with Crippen LogP contribution in [-0.4, -0.2) is 18.0 Å². The predicted molar refractivity (Wildman–Crippen MR) is 116 cm³/mol. The van der Waals surface area contributed by atoms with E-state index in [0.717, 1.165) is 45.1 Å². The number of hydrogen-bond donors (Lipinski definition) is 0. The maximum atomic E-state index is 6.82. The first-order chi connectivity index (χ1) is 12.9. The normalized spacial score (nSPS) is 20.5. The van der Waals surface area contributed by atoms with Crippen molar-refractivity contribution < 1.29 is 0 Å². The van der Waals surface area contributed by atoms with E-state index in [-0.39, 0.29) is 9.75 Å². The van der Waals surface area contributed by atoms with Gasteiger partial charge in [0.15, 0.2) is 0 Å². The summed E-state index contributed by atoms with van der Waals surface area (Å²) in [5, 5.41) is 0. The van der Waals surface area contributed by atoms with Gasteiger partial charge < -0.3 is 0 Å². The second kappa shape index (κ2) is 7.43. The van der Waals surface area contributed by atoms with E-state index in [2.05, 4.69) is 67.4 Å². The summed E-state index contributed by atoms with van der Waals surface area (Å²) in [6, 6.07) is 18.1. The van der Waals surface area contributed by atoms with Crippen LogP contribution in [0.4, 0.5) is 0 Å². The maximum Gasteiger partial charge on any atom is 0.0699 e. The monoisotopic (exact) mass is 401 g/mol. The molecule has 1 nitrogen and oxygen atoms in total. The van der Waals surface area contributed by atoms with E-state index in [1.54, 1.807) is 0 Å². The predicted octanol–water partition coefficient (Wildman–Crippen LogP) is 6.60. The highest BCUT2D eigenvalue weighted by atomic mass is 35.5. The number of hydrogen-bond acceptors (Lipinski definition) is 1. The molecule has 0 amide bonds. The highest BCUT2D eigenvalue weighted by Crippen LogP contribution is 2.60. The molecular formula is C24H29Cl2N. The quantitative estimate of drug-likeness (QED) is 0.450. The lowest BCUT2D eigenvalue weighted by molar-refractivity contribution is 0.238. The van der Waals surface area contributed by atoms with E-state index in [0.29, 0.717) is 6.04 Å². The van der Waals surface area contributed by atoms with Crippen molar-refractivity contribution in [2.75, 3.05) is 7.05 Å². The Hall–Kier alpha value is -1.02. The Balaban J connectivity index is 1.41. The molecule has 27 heavy (non-hydrogen) atoms. The maximum absolute atomic E-state index is 6.82. The van der Waals surface area contributed by atoms with Crippen LogP contribution in [0.15, 0.2) is 48.5 Å². The van der Waals surface area contributed by atoms with E-state index in [4.69, 9.17) is 23.2 Å². The average molecular weight is 402 g/mol. The molecule has 0 aliphatic heterocycles. The summed E-state index contributed by atoms with van der Waals surface area (Å²) in [5.74, 6) is 0. The highest BCUT2D eigenvalue weighted by Gasteiger charge is 2.50. The van der Waals surface area contributed by atoms with Gasteiger partial charge in [0, 0.05) is 12.6 Å². The topological polar surface area (TPSA) is 3.24 Å². The molecule has 3 heteroatoms. The summed E-state index contributed by atoms with van der Waals surface area (Å²) >= 11 is 13.6. The van der Waals surface area contributed by atoms with Crippen LogP contribution in [0.5, 0.6) is 0 Å². The fraction of sp³-hybridized carbons (Fsp3) is 0.500. The van der Waals surface area contributed by atoms with Gasteiger partial charge in [-0.1, -0.05) is 48.5 Å². The molecule has 2 aromatic carbocycles. The Kier molecular flexibility index (Phi) is 5.31. The van der Waals surface area contributed by atoms with Crippen molar-refractivity contribution in [1.82, 2.24) is 4.90 Å². The molecular weight excluding hydrogens is 373 g/mol. The third-order valence-electron chi connectivity index (χ3n) is 6.31. The Morgan fingerprint density at radius 2 is 1.52 bits per heavy atom. The van der Waals surface area contributed by atoms with E-state index in [1.165, 1.54) is 22.3 Å². The van der Waals surface area contributed by atoms with Crippen LogP contribution < -0.4 is 0 Å². The van der Waals surface area contributed by atoms with Gasteiger partial charge in [-0.2, -0.15) is 0 Å². The van der Waals surface area contributed by atoms with Crippen LogP contribution in [0.25, 0.3) is 0 Å². The zero-order valence-electron chi connectivity index (χ0n) is 16.3. The molecule has 2 aliphatic rings. The number of nitrogens with zero attached hydrogens (tertiary/aromatic N) is 1. The minimum Gasteiger partial charge on any atom is -0.299 e. The van der Waals surface area contributed by atoms with E-state index in [1.807, 2.05) is 0 Å². The smallest absolute Gasteiger partial charge is 0.0699 e. The fourth-order valence-corrected chi connectivity index (χ4v) is 4.40. The fourth-order valence-electron chi connectivity index (χ4n) is 3.89. The van der Waals surface area contributed by atoms with E-state index in [9.17, 15) is 0 Å². The number of aryl methyl sites for hydroxylation is 1. The van der Waals surface area contributed by atoms with Crippen molar-refractivity contribution >= 4 is 23.2 Å². The van der Waals surface area contributed by atoms with Crippen LogP contribution >= 0.6 is 23.2 Å². The molecule has 0 heterocycles. The molecule has 144 valence electrons. The van der Waals surface area contributed by atoms with Gasteiger partial charge in [0.05, 0.1) is 9.75 Å². The first kappa shape index (κ1) is 19.3. The lowest BCUT2D eigenvalue weighted by atomic mass is 9.94. The first-order valence-electron chi connectivity index (χ1n) is 10.2. The molecule has 4 rings (SSSR count). The second-order valence-electron chi connectivity index (χ2n) is 8.60. The molecule has 0 N–H and O–H groups in total. The summed E-state index contributed by atoms with van der Waals surface area (Å²) in [4.78, 5) is 2.15. The van der Waals surface area contributed by atoms with Crippen molar-refractivity contribution in [2.45, 2.75) is 67.8 Å². The SMILES string of the molecule is CC(CCc1ccc(C2(Cl)CC2)c(C2(Cl)CC2)c1)N(C)Cc1ccccc1. The van der Waals surface area contributed by atoms with Crippen molar-refractivity contribution in [3.8, 4) is 0 Å². The van der Waals surface area contributed by atoms with Gasteiger partial charge in [0.2, 0.25) is 0 Å². The van der Waals surface area contributed by atoms with Crippen LogP contribution in [0, 0.1) is 0 Å². The third-order valence-corrected chi connectivity index (χ3v) is 7.47. The lowest BCUT2D eigenvalue weighted by Crippen LogP contribution is -2.29. The number of halogens is 2. The number of benzene rings is 2. The summed E-state index contributed by atoms with van der Waals surface area (Å²) in [6.45, 7) is 3.31. The van der Waals surface area contributed by atoms with Crippen LogP contribution in [0.2, 0.25) is 0 Å². The largest absolute Gasteiger partial charge is 0.299 e. The van der Waals surface area contributed by atoms with E-state index >= 15 is 0 Å². The van der Waals surface area contributed by atoms with Gasteiger partial charge in [0.1, 0.15) is 0 Å². The minimum absolute atomic E-state index is 0.137. The summed E-state index contributed by atoms with van der Waals surface area (Å²) < 4.78 is 0. The molecule has 1 unspecified atom stereocenters. The van der Waals surface area contributed by atoms with Crippen LogP contribution in [0.1, 0.15) is 61.3 Å². The summed E-state index contributed by atoms with van der Waals surface area (Å²) in [6.07, 6.45) is 6.53. The first-order valence-corrected chi connectivity index (χ1v) is 10.9. The van der Waals surface area contributed by atoms with Crippen LogP contribution in [0.3, 0.4) is 0 Å². The molecule has 2 aliphatic carbocycles. The van der Waals surface area contributed by atoms with Crippen molar-refractivity contribution in [2.24, 2.45) is 0 Å². The summed E-state index contributed by atoms with van der Waals surface area (Å²) in [5.41, 5.74) is 5.35. The Bertz CT molecular complexity index is 793. The van der Waals surface area contributed by atoms with Gasteiger partial charge >= 0.3 is 0 Å². The van der Waals surface area contributed by atoms with E-state index < -0.39 is 0 Å². The molecule has 1 atom stereocenters. The average Bonchev–Trinajstić information content (AvgIpc) is 3.60. The summed E-state index contributed by atoms with van der Waals surface area (Å²) in [7, 11) is 2.22. The molecule has 0 spiro atoms. The van der Waals surface area contributed by atoms with Gasteiger partial charge in [0.25, 0.3) is 0 Å². The number of alkyl halides is 2. The van der Waals surface area contributed by atoms with Crippen molar-refractivity contribution in [1.29, 1.82) is 0 Å². The lowest BCUT2D eigenvalue weighted by Gasteiger charge is -2.25. The molecule has 2 saturated carbocycles. The van der Waals surface area contributed by atoms with Crippen molar-refractivity contribution in [3.63, 3.8) is 0 Å². The molecule has 0 radical (unpaired) electrons. The second-order valence-corrected chi connectivity index (χ2v) is 10.0. The minimum atomic E-state index is -0.147. The molecule has 0 aromatic heterocycles. The molecule has 2 fully saturated rings. The Labute approximate surface area is 173 Å². The zero-order valence-corrected chi connectivity index (χ0v) is 17.9. The highest BCUT2D eigenvalue weighted by molar-refractivity contribution is 6.28. The molecule has 0 bridgehead atoms.